The number of hydrogen-bond donors (Lipinski definition) is 1. The minimum Gasteiger partial charge on any atom is -0.328 e. The highest BCUT2D eigenvalue weighted by Gasteiger charge is 2.02. The van der Waals surface area contributed by atoms with Crippen LogP contribution in [0, 0.1) is 0 Å². The molecule has 0 aromatic carbocycles. The second-order valence-electron chi connectivity index (χ2n) is 4.18. The molecule has 1 aromatic heterocycles. The predicted molar refractivity (Wildman–Crippen MR) is 69.5 cm³/mol. The van der Waals surface area contributed by atoms with Crippen molar-refractivity contribution in [3.63, 3.8) is 0 Å². The molecule has 0 aliphatic heterocycles. The lowest BCUT2D eigenvalue weighted by molar-refractivity contribution is 0.570. The highest BCUT2D eigenvalue weighted by Crippen LogP contribution is 2.20. The first kappa shape index (κ1) is 12.7. The van der Waals surface area contributed by atoms with Crippen LogP contribution in [0.1, 0.15) is 49.3 Å². The molecule has 1 aromatic rings. The Morgan fingerprint density at radius 3 is 2.47 bits per heavy atom. The third kappa shape index (κ3) is 4.80. The average Bonchev–Trinajstić information content (AvgIpc) is 2.66. The van der Waals surface area contributed by atoms with E-state index < -0.39 is 0 Å². The molecule has 0 saturated carbocycles. The van der Waals surface area contributed by atoms with Gasteiger partial charge in [0.15, 0.2) is 0 Å². The van der Waals surface area contributed by atoms with E-state index >= 15 is 0 Å². The van der Waals surface area contributed by atoms with E-state index in [0.717, 1.165) is 12.8 Å². The molecule has 0 aliphatic rings. The van der Waals surface area contributed by atoms with Crippen molar-refractivity contribution in [3.05, 3.63) is 21.9 Å². The Morgan fingerprint density at radius 1 is 1.20 bits per heavy atom. The van der Waals surface area contributed by atoms with Gasteiger partial charge in [0.2, 0.25) is 0 Å². The van der Waals surface area contributed by atoms with Crippen molar-refractivity contribution in [2.45, 2.75) is 58.4 Å². The predicted octanol–water partition coefficient (Wildman–Crippen LogP) is 3.76. The summed E-state index contributed by atoms with van der Waals surface area (Å²) in [6.07, 6.45) is 7.20. The standard InChI is InChI=1S/C13H23NS/c1-3-6-12-9-10-13(15-12)8-5-7-11(14)4-2/h9-11H,3-8,14H2,1-2H3. The third-order valence-corrected chi connectivity index (χ3v) is 3.94. The molecule has 0 amide bonds. The summed E-state index contributed by atoms with van der Waals surface area (Å²) in [5.41, 5.74) is 5.89. The highest BCUT2D eigenvalue weighted by atomic mass is 32.1. The molecule has 0 saturated heterocycles. The first-order valence-corrected chi connectivity index (χ1v) is 6.91. The molecule has 15 heavy (non-hydrogen) atoms. The van der Waals surface area contributed by atoms with Crippen molar-refractivity contribution >= 4 is 11.3 Å². The monoisotopic (exact) mass is 225 g/mol. The van der Waals surface area contributed by atoms with E-state index in [1.165, 1.54) is 35.4 Å². The Labute approximate surface area is 97.7 Å². The fourth-order valence-electron chi connectivity index (χ4n) is 1.68. The van der Waals surface area contributed by atoms with Crippen molar-refractivity contribution in [3.8, 4) is 0 Å². The van der Waals surface area contributed by atoms with Crippen molar-refractivity contribution in [2.75, 3.05) is 0 Å². The second-order valence-corrected chi connectivity index (χ2v) is 5.43. The minimum absolute atomic E-state index is 0.403. The Kier molecular flexibility index (Phi) is 5.96. The summed E-state index contributed by atoms with van der Waals surface area (Å²) in [4.78, 5) is 3.06. The van der Waals surface area contributed by atoms with E-state index in [1.807, 2.05) is 11.3 Å². The van der Waals surface area contributed by atoms with Gasteiger partial charge in [0.25, 0.3) is 0 Å². The van der Waals surface area contributed by atoms with Crippen LogP contribution in [0.4, 0.5) is 0 Å². The van der Waals surface area contributed by atoms with Crippen LogP contribution in [-0.4, -0.2) is 6.04 Å². The Hall–Kier alpha value is -0.340. The Bertz CT molecular complexity index is 267. The smallest absolute Gasteiger partial charge is 0.00481 e. The summed E-state index contributed by atoms with van der Waals surface area (Å²) in [5, 5.41) is 0. The molecule has 1 unspecified atom stereocenters. The lowest BCUT2D eigenvalue weighted by atomic mass is 10.1. The van der Waals surface area contributed by atoms with Crippen LogP contribution >= 0.6 is 11.3 Å². The van der Waals surface area contributed by atoms with E-state index in [9.17, 15) is 0 Å². The maximum Gasteiger partial charge on any atom is 0.00481 e. The first-order chi connectivity index (χ1) is 7.26. The van der Waals surface area contributed by atoms with Gasteiger partial charge in [-0.2, -0.15) is 0 Å². The van der Waals surface area contributed by atoms with Gasteiger partial charge in [-0.15, -0.1) is 11.3 Å². The molecule has 1 rings (SSSR count). The van der Waals surface area contributed by atoms with Crippen LogP contribution in [-0.2, 0) is 12.8 Å². The summed E-state index contributed by atoms with van der Waals surface area (Å²) < 4.78 is 0. The zero-order valence-electron chi connectivity index (χ0n) is 9.96. The molecule has 0 fully saturated rings. The largest absolute Gasteiger partial charge is 0.328 e. The number of thiophene rings is 1. The van der Waals surface area contributed by atoms with E-state index in [2.05, 4.69) is 26.0 Å². The molecule has 1 heterocycles. The molecule has 86 valence electrons. The van der Waals surface area contributed by atoms with Crippen LogP contribution in [0.25, 0.3) is 0 Å². The van der Waals surface area contributed by atoms with Gasteiger partial charge >= 0.3 is 0 Å². The van der Waals surface area contributed by atoms with E-state index in [1.54, 1.807) is 0 Å². The zero-order chi connectivity index (χ0) is 11.1. The number of nitrogens with two attached hydrogens (primary N) is 1. The topological polar surface area (TPSA) is 26.0 Å². The molecule has 0 spiro atoms. The van der Waals surface area contributed by atoms with E-state index in [4.69, 9.17) is 5.73 Å². The van der Waals surface area contributed by atoms with Crippen molar-refractivity contribution < 1.29 is 0 Å². The van der Waals surface area contributed by atoms with Gasteiger partial charge in [-0.1, -0.05) is 20.3 Å². The van der Waals surface area contributed by atoms with Crippen LogP contribution in [0.3, 0.4) is 0 Å². The average molecular weight is 225 g/mol. The maximum atomic E-state index is 5.89. The number of aryl methyl sites for hydroxylation is 2. The van der Waals surface area contributed by atoms with Crippen molar-refractivity contribution in [1.82, 2.24) is 0 Å². The lowest BCUT2D eigenvalue weighted by Crippen LogP contribution is -2.18. The molecule has 0 radical (unpaired) electrons. The quantitative estimate of drug-likeness (QED) is 0.751. The highest BCUT2D eigenvalue weighted by molar-refractivity contribution is 7.11. The molecule has 1 atom stereocenters. The van der Waals surface area contributed by atoms with Gasteiger partial charge in [-0.25, -0.2) is 0 Å². The summed E-state index contributed by atoms with van der Waals surface area (Å²) in [7, 11) is 0. The minimum atomic E-state index is 0.403. The third-order valence-electron chi connectivity index (χ3n) is 2.74. The van der Waals surface area contributed by atoms with Crippen molar-refractivity contribution in [1.29, 1.82) is 0 Å². The summed E-state index contributed by atoms with van der Waals surface area (Å²) in [5.74, 6) is 0. The normalized spacial score (nSPS) is 13.0. The number of rotatable bonds is 7. The molecule has 0 aliphatic carbocycles. The van der Waals surface area contributed by atoms with E-state index in [0.29, 0.717) is 6.04 Å². The molecular weight excluding hydrogens is 202 g/mol. The van der Waals surface area contributed by atoms with Crippen LogP contribution in [0.5, 0.6) is 0 Å². The summed E-state index contributed by atoms with van der Waals surface area (Å²) >= 11 is 1.98. The summed E-state index contributed by atoms with van der Waals surface area (Å²) in [6, 6.07) is 4.97. The fraction of sp³-hybridized carbons (Fsp3) is 0.692. The van der Waals surface area contributed by atoms with Gasteiger partial charge < -0.3 is 5.73 Å². The molecule has 2 heteroatoms. The summed E-state index contributed by atoms with van der Waals surface area (Å²) in [6.45, 7) is 4.40. The first-order valence-electron chi connectivity index (χ1n) is 6.09. The molecule has 0 bridgehead atoms. The van der Waals surface area contributed by atoms with Gasteiger partial charge in [-0.05, 0) is 44.2 Å². The Balaban J connectivity index is 2.25. The lowest BCUT2D eigenvalue weighted by Gasteiger charge is -2.06. The van der Waals surface area contributed by atoms with Gasteiger partial charge in [0.1, 0.15) is 0 Å². The van der Waals surface area contributed by atoms with Gasteiger partial charge in [0.05, 0.1) is 0 Å². The maximum absolute atomic E-state index is 5.89. The molecular formula is C13H23NS. The van der Waals surface area contributed by atoms with Crippen LogP contribution in [0.2, 0.25) is 0 Å². The fourth-order valence-corrected chi connectivity index (χ4v) is 2.84. The molecule has 2 N–H and O–H groups in total. The van der Waals surface area contributed by atoms with Gasteiger partial charge in [0, 0.05) is 15.8 Å². The van der Waals surface area contributed by atoms with Crippen LogP contribution in [0.15, 0.2) is 12.1 Å². The zero-order valence-corrected chi connectivity index (χ0v) is 10.8. The number of hydrogen-bond acceptors (Lipinski definition) is 2. The molecule has 1 nitrogen and oxygen atoms in total. The van der Waals surface area contributed by atoms with Gasteiger partial charge in [-0.3, -0.25) is 0 Å². The van der Waals surface area contributed by atoms with E-state index in [-0.39, 0.29) is 0 Å². The SMILES string of the molecule is CCCc1ccc(CCCC(N)CC)s1. The second kappa shape index (κ2) is 7.02. The van der Waals surface area contributed by atoms with Crippen molar-refractivity contribution in [2.24, 2.45) is 5.73 Å². The Morgan fingerprint density at radius 2 is 1.87 bits per heavy atom. The van der Waals surface area contributed by atoms with Crippen LogP contribution < -0.4 is 5.73 Å².